The summed E-state index contributed by atoms with van der Waals surface area (Å²) in [5, 5.41) is 12.9. The maximum atomic E-state index is 12.7. The van der Waals surface area contributed by atoms with Crippen LogP contribution in [0.1, 0.15) is 25.3 Å². The van der Waals surface area contributed by atoms with Gasteiger partial charge in [-0.1, -0.05) is 18.5 Å². The molecule has 2 aliphatic heterocycles. The van der Waals surface area contributed by atoms with Crippen LogP contribution in [-0.2, 0) is 10.2 Å². The first kappa shape index (κ1) is 21.1. The lowest BCUT2D eigenvalue weighted by atomic mass is 9.97. The maximum absolute atomic E-state index is 12.7. The van der Waals surface area contributed by atoms with Crippen molar-refractivity contribution < 1.29 is 19.4 Å². The SMILES string of the molecule is COc1cc(Cl)c(C2(C)CC2)cc1NCC(=O)N1CCN(C2CN(C(=O)O)C2)CC1. The molecule has 3 aliphatic rings. The highest BCUT2D eigenvalue weighted by molar-refractivity contribution is 6.31. The smallest absolute Gasteiger partial charge is 0.407 e. The molecule has 1 aliphatic carbocycles. The number of likely N-dealkylation sites (tertiary alicyclic amines) is 1. The van der Waals surface area contributed by atoms with Crippen molar-refractivity contribution in [2.24, 2.45) is 0 Å². The zero-order valence-electron chi connectivity index (χ0n) is 17.5. The molecule has 2 N–H and O–H groups in total. The fourth-order valence-electron chi connectivity index (χ4n) is 4.24. The van der Waals surface area contributed by atoms with Crippen LogP contribution in [0.2, 0.25) is 5.02 Å². The van der Waals surface area contributed by atoms with Gasteiger partial charge in [0.15, 0.2) is 0 Å². The standard InChI is InChI=1S/C21H29ClN4O4/c1-21(3-4-21)15-9-17(18(30-2)10-16(15)22)23-11-19(27)25-7-5-24(6-8-25)14-12-26(13-14)20(28)29/h9-10,14,23H,3-8,11-13H2,1-2H3,(H,28,29). The number of nitrogens with one attached hydrogen (secondary N) is 1. The number of piperazine rings is 1. The molecule has 8 nitrogen and oxygen atoms in total. The summed E-state index contributed by atoms with van der Waals surface area (Å²) in [6, 6.07) is 4.12. The molecule has 1 aromatic rings. The minimum absolute atomic E-state index is 0.0478. The molecular weight excluding hydrogens is 408 g/mol. The first-order valence-corrected chi connectivity index (χ1v) is 10.8. The van der Waals surface area contributed by atoms with E-state index in [1.165, 1.54) is 4.90 Å². The monoisotopic (exact) mass is 436 g/mol. The Hall–Kier alpha value is -2.19. The topological polar surface area (TPSA) is 85.4 Å². The number of amides is 2. The Morgan fingerprint density at radius 1 is 1.20 bits per heavy atom. The molecule has 164 valence electrons. The van der Waals surface area contributed by atoms with Crippen LogP contribution in [0.5, 0.6) is 5.75 Å². The van der Waals surface area contributed by atoms with Crippen molar-refractivity contribution >= 4 is 29.3 Å². The normalized spacial score (nSPS) is 21.2. The second-order valence-corrected chi connectivity index (χ2v) is 9.11. The summed E-state index contributed by atoms with van der Waals surface area (Å²) < 4.78 is 5.45. The number of carbonyl (C=O) groups excluding carboxylic acids is 1. The average Bonchev–Trinajstić information content (AvgIpc) is 3.43. The molecule has 2 saturated heterocycles. The Morgan fingerprint density at radius 2 is 1.87 bits per heavy atom. The molecule has 0 spiro atoms. The molecular formula is C21H29ClN4O4. The number of methoxy groups -OCH3 is 1. The van der Waals surface area contributed by atoms with Crippen LogP contribution < -0.4 is 10.1 Å². The summed E-state index contributed by atoms with van der Waals surface area (Å²) >= 11 is 6.45. The van der Waals surface area contributed by atoms with Gasteiger partial charge in [0.1, 0.15) is 5.75 Å². The van der Waals surface area contributed by atoms with Crippen molar-refractivity contribution in [2.75, 3.05) is 58.2 Å². The highest BCUT2D eigenvalue weighted by Gasteiger charge is 2.41. The molecule has 1 saturated carbocycles. The van der Waals surface area contributed by atoms with E-state index in [1.807, 2.05) is 17.0 Å². The zero-order valence-corrected chi connectivity index (χ0v) is 18.2. The summed E-state index contributed by atoms with van der Waals surface area (Å²) in [4.78, 5) is 29.2. The van der Waals surface area contributed by atoms with E-state index in [9.17, 15) is 9.59 Å². The summed E-state index contributed by atoms with van der Waals surface area (Å²) in [6.45, 7) is 6.38. The van der Waals surface area contributed by atoms with Gasteiger partial charge in [-0.2, -0.15) is 0 Å². The van der Waals surface area contributed by atoms with Crippen LogP contribution in [0, 0.1) is 0 Å². The minimum atomic E-state index is -0.859. The number of ether oxygens (including phenoxy) is 1. The van der Waals surface area contributed by atoms with Crippen LogP contribution in [0.25, 0.3) is 0 Å². The Bertz CT molecular complexity index is 831. The van der Waals surface area contributed by atoms with Crippen LogP contribution in [-0.4, -0.2) is 90.8 Å². The molecule has 4 rings (SSSR count). The van der Waals surface area contributed by atoms with Gasteiger partial charge in [0.25, 0.3) is 0 Å². The number of carboxylic acid groups (broad SMARTS) is 1. The lowest BCUT2D eigenvalue weighted by Crippen LogP contribution is -2.64. The fraction of sp³-hybridized carbons (Fsp3) is 0.619. The second-order valence-electron chi connectivity index (χ2n) is 8.70. The molecule has 0 unspecified atom stereocenters. The number of carbonyl (C=O) groups is 2. The molecule has 3 fully saturated rings. The molecule has 2 amide bonds. The molecule has 1 aromatic carbocycles. The summed E-state index contributed by atoms with van der Waals surface area (Å²) in [6.07, 6.45) is 1.38. The average molecular weight is 437 g/mol. The fourth-order valence-corrected chi connectivity index (χ4v) is 4.62. The quantitative estimate of drug-likeness (QED) is 0.711. The van der Waals surface area contributed by atoms with Gasteiger partial charge in [0, 0.05) is 56.4 Å². The second kappa shape index (κ2) is 8.15. The first-order chi connectivity index (χ1) is 14.3. The van der Waals surface area contributed by atoms with E-state index >= 15 is 0 Å². The van der Waals surface area contributed by atoms with Gasteiger partial charge in [0.05, 0.1) is 19.3 Å². The minimum Gasteiger partial charge on any atom is -0.495 e. The van der Waals surface area contributed by atoms with Crippen LogP contribution in [0.15, 0.2) is 12.1 Å². The van der Waals surface area contributed by atoms with Crippen molar-refractivity contribution in [3.05, 3.63) is 22.7 Å². The summed E-state index contributed by atoms with van der Waals surface area (Å²) in [5.41, 5.74) is 2.02. The van der Waals surface area contributed by atoms with Gasteiger partial charge in [-0.05, 0) is 29.9 Å². The van der Waals surface area contributed by atoms with E-state index in [-0.39, 0.29) is 23.9 Å². The van der Waals surface area contributed by atoms with Crippen molar-refractivity contribution in [3.63, 3.8) is 0 Å². The Balaban J connectivity index is 1.30. The predicted molar refractivity (Wildman–Crippen MR) is 115 cm³/mol. The Kier molecular flexibility index (Phi) is 5.72. The van der Waals surface area contributed by atoms with Crippen molar-refractivity contribution in [3.8, 4) is 5.75 Å². The van der Waals surface area contributed by atoms with E-state index in [0.29, 0.717) is 37.0 Å². The van der Waals surface area contributed by atoms with Gasteiger partial charge in [-0.3, -0.25) is 9.69 Å². The highest BCUT2D eigenvalue weighted by atomic mass is 35.5. The van der Waals surface area contributed by atoms with E-state index in [4.69, 9.17) is 21.4 Å². The van der Waals surface area contributed by atoms with Crippen molar-refractivity contribution in [2.45, 2.75) is 31.2 Å². The first-order valence-electron chi connectivity index (χ1n) is 10.4. The lowest BCUT2D eigenvalue weighted by molar-refractivity contribution is -0.131. The third-order valence-electron chi connectivity index (χ3n) is 6.69. The molecule has 2 heterocycles. The molecule has 0 bridgehead atoms. The van der Waals surface area contributed by atoms with Crippen LogP contribution in [0.4, 0.5) is 10.5 Å². The van der Waals surface area contributed by atoms with Crippen LogP contribution >= 0.6 is 11.6 Å². The number of hydrogen-bond donors (Lipinski definition) is 2. The lowest BCUT2D eigenvalue weighted by Gasteiger charge is -2.47. The zero-order chi connectivity index (χ0) is 21.5. The molecule has 0 atom stereocenters. The molecule has 9 heteroatoms. The molecule has 0 radical (unpaired) electrons. The third kappa shape index (κ3) is 4.16. The van der Waals surface area contributed by atoms with Gasteiger partial charge in [-0.15, -0.1) is 0 Å². The van der Waals surface area contributed by atoms with E-state index in [2.05, 4.69) is 17.1 Å². The number of nitrogens with zero attached hydrogens (tertiary/aromatic N) is 3. The van der Waals surface area contributed by atoms with Crippen molar-refractivity contribution in [1.29, 1.82) is 0 Å². The molecule has 0 aromatic heterocycles. The van der Waals surface area contributed by atoms with Gasteiger partial charge < -0.3 is 25.0 Å². The third-order valence-corrected chi connectivity index (χ3v) is 7.00. The summed E-state index contributed by atoms with van der Waals surface area (Å²) in [7, 11) is 1.60. The van der Waals surface area contributed by atoms with E-state index < -0.39 is 6.09 Å². The van der Waals surface area contributed by atoms with Crippen molar-refractivity contribution in [1.82, 2.24) is 14.7 Å². The van der Waals surface area contributed by atoms with E-state index in [1.54, 1.807) is 7.11 Å². The number of benzene rings is 1. The Morgan fingerprint density at radius 3 is 2.43 bits per heavy atom. The number of anilines is 1. The number of rotatable bonds is 6. The predicted octanol–water partition coefficient (Wildman–Crippen LogP) is 2.32. The van der Waals surface area contributed by atoms with Gasteiger partial charge in [0.2, 0.25) is 5.91 Å². The maximum Gasteiger partial charge on any atom is 0.407 e. The largest absolute Gasteiger partial charge is 0.495 e. The van der Waals surface area contributed by atoms with E-state index in [0.717, 1.165) is 37.2 Å². The van der Waals surface area contributed by atoms with Gasteiger partial charge in [-0.25, -0.2) is 4.79 Å². The number of hydrogen-bond acceptors (Lipinski definition) is 5. The highest BCUT2D eigenvalue weighted by Crippen LogP contribution is 2.51. The number of halogens is 1. The summed E-state index contributed by atoms with van der Waals surface area (Å²) in [5.74, 6) is 0.685. The van der Waals surface area contributed by atoms with Gasteiger partial charge >= 0.3 is 6.09 Å². The Labute approximate surface area is 181 Å². The van der Waals surface area contributed by atoms with Crippen LogP contribution in [0.3, 0.4) is 0 Å². The molecule has 30 heavy (non-hydrogen) atoms.